The van der Waals surface area contributed by atoms with Gasteiger partial charge in [-0.05, 0) is 36.2 Å². The number of aromatic nitrogens is 3. The maximum atomic E-state index is 13.0. The lowest BCUT2D eigenvalue weighted by atomic mass is 10.1. The Balaban J connectivity index is 1.79. The van der Waals surface area contributed by atoms with Crippen LogP contribution in [0.2, 0.25) is 5.02 Å². The molecule has 0 unspecified atom stereocenters. The van der Waals surface area contributed by atoms with Crippen molar-refractivity contribution in [1.29, 1.82) is 0 Å². The van der Waals surface area contributed by atoms with Gasteiger partial charge in [0.2, 0.25) is 5.78 Å². The van der Waals surface area contributed by atoms with Crippen molar-refractivity contribution in [2.24, 2.45) is 0 Å². The van der Waals surface area contributed by atoms with Gasteiger partial charge in [0.05, 0.1) is 18.0 Å². The molecule has 2 heterocycles. The number of aliphatic hydroxyl groups is 1. The Labute approximate surface area is 202 Å². The summed E-state index contributed by atoms with van der Waals surface area (Å²) in [5.74, 6) is 0.325. The minimum atomic E-state index is -0.253. The van der Waals surface area contributed by atoms with Crippen LogP contribution in [-0.2, 0) is 6.54 Å². The summed E-state index contributed by atoms with van der Waals surface area (Å²) >= 11 is 6.03. The largest absolute Gasteiger partial charge is 0.395 e. The summed E-state index contributed by atoms with van der Waals surface area (Å²) in [6.07, 6.45) is 4.85. The quantitative estimate of drug-likeness (QED) is 0.349. The Morgan fingerprint density at radius 1 is 1.06 bits per heavy atom. The topological polar surface area (TPSA) is 88.6 Å². The summed E-state index contributed by atoms with van der Waals surface area (Å²) < 4.78 is 3.65. The predicted molar refractivity (Wildman–Crippen MR) is 134 cm³/mol. The summed E-state index contributed by atoms with van der Waals surface area (Å²) in [5.41, 5.74) is 3.48. The van der Waals surface area contributed by atoms with Gasteiger partial charge in [-0.3, -0.25) is 14.0 Å². The fourth-order valence-corrected chi connectivity index (χ4v) is 4.02. The van der Waals surface area contributed by atoms with Crippen LogP contribution in [0.5, 0.6) is 0 Å². The molecule has 2 aromatic heterocycles. The number of carbonyl (C=O) groups is 1. The zero-order valence-corrected chi connectivity index (χ0v) is 19.8. The molecule has 0 bridgehead atoms. The molecule has 0 radical (unpaired) electrons. The van der Waals surface area contributed by atoms with Crippen LogP contribution in [0, 0.1) is 0 Å². The van der Waals surface area contributed by atoms with Crippen molar-refractivity contribution in [2.75, 3.05) is 13.2 Å². The first-order valence-corrected chi connectivity index (χ1v) is 11.8. The van der Waals surface area contributed by atoms with E-state index >= 15 is 0 Å². The van der Waals surface area contributed by atoms with Crippen LogP contribution in [0.15, 0.2) is 65.6 Å². The van der Waals surface area contributed by atoms with Gasteiger partial charge < -0.3 is 15.0 Å². The standard InChI is InChI=1S/C26H27ClN4O3/c1-2-3-4-14-30-23(19-5-7-20(8-6-19)25(34)28-13-15-32)16-24(33)31-17-22(29-26(30)31)18-9-11-21(27)12-10-18/h5-12,16-17,32H,2-4,13-15H2,1H3,(H,28,34). The summed E-state index contributed by atoms with van der Waals surface area (Å²) in [4.78, 5) is 30.0. The number of aryl methyl sites for hydroxylation is 1. The van der Waals surface area contributed by atoms with Gasteiger partial charge in [0.25, 0.3) is 11.5 Å². The van der Waals surface area contributed by atoms with Crippen LogP contribution in [0.1, 0.15) is 36.5 Å². The molecule has 8 heteroatoms. The van der Waals surface area contributed by atoms with Crippen LogP contribution < -0.4 is 10.9 Å². The average Bonchev–Trinajstić information content (AvgIpc) is 3.30. The number of unbranched alkanes of at least 4 members (excludes halogenated alkanes) is 2. The molecule has 176 valence electrons. The van der Waals surface area contributed by atoms with E-state index < -0.39 is 0 Å². The van der Waals surface area contributed by atoms with Gasteiger partial charge in [-0.2, -0.15) is 0 Å². The Hall–Kier alpha value is -3.42. The van der Waals surface area contributed by atoms with E-state index in [0.717, 1.165) is 36.1 Å². The van der Waals surface area contributed by atoms with Crippen molar-refractivity contribution in [3.8, 4) is 22.5 Å². The smallest absolute Gasteiger partial charge is 0.259 e. The number of hydrogen-bond acceptors (Lipinski definition) is 4. The summed E-state index contributed by atoms with van der Waals surface area (Å²) in [7, 11) is 0. The molecule has 0 saturated carbocycles. The first kappa shape index (κ1) is 23.7. The Bertz CT molecular complexity index is 1340. The van der Waals surface area contributed by atoms with E-state index in [0.29, 0.717) is 28.6 Å². The maximum Gasteiger partial charge on any atom is 0.259 e. The second kappa shape index (κ2) is 10.7. The highest BCUT2D eigenvalue weighted by atomic mass is 35.5. The number of amides is 1. The van der Waals surface area contributed by atoms with Crippen LogP contribution >= 0.6 is 11.6 Å². The average molecular weight is 479 g/mol. The van der Waals surface area contributed by atoms with Gasteiger partial charge >= 0.3 is 0 Å². The minimum Gasteiger partial charge on any atom is -0.395 e. The molecule has 2 N–H and O–H groups in total. The molecule has 0 fully saturated rings. The third kappa shape index (κ3) is 5.05. The minimum absolute atomic E-state index is 0.115. The number of rotatable bonds is 9. The number of nitrogens with one attached hydrogen (secondary N) is 1. The number of imidazole rings is 1. The highest BCUT2D eigenvalue weighted by Gasteiger charge is 2.15. The van der Waals surface area contributed by atoms with E-state index in [-0.39, 0.29) is 24.6 Å². The summed E-state index contributed by atoms with van der Waals surface area (Å²) in [6, 6.07) is 16.1. The molecule has 7 nitrogen and oxygen atoms in total. The molecule has 0 saturated heterocycles. The SMILES string of the molecule is CCCCCn1c(-c2ccc(C(=O)NCCO)cc2)cc(=O)n2cc(-c3ccc(Cl)cc3)nc12. The summed E-state index contributed by atoms with van der Waals surface area (Å²) in [5, 5.41) is 12.2. The Morgan fingerprint density at radius 3 is 2.44 bits per heavy atom. The van der Waals surface area contributed by atoms with Gasteiger partial charge in [0, 0.05) is 41.5 Å². The zero-order valence-electron chi connectivity index (χ0n) is 19.0. The van der Waals surface area contributed by atoms with Gasteiger partial charge in [-0.15, -0.1) is 0 Å². The normalized spacial score (nSPS) is 11.1. The highest BCUT2D eigenvalue weighted by Crippen LogP contribution is 2.25. The number of halogens is 1. The monoisotopic (exact) mass is 478 g/mol. The van der Waals surface area contributed by atoms with E-state index in [2.05, 4.69) is 16.8 Å². The second-order valence-electron chi connectivity index (χ2n) is 8.09. The first-order valence-electron chi connectivity index (χ1n) is 11.4. The van der Waals surface area contributed by atoms with E-state index in [9.17, 15) is 9.59 Å². The lowest BCUT2D eigenvalue weighted by molar-refractivity contribution is 0.0945. The lowest BCUT2D eigenvalue weighted by Crippen LogP contribution is -2.26. The fourth-order valence-electron chi connectivity index (χ4n) is 3.90. The van der Waals surface area contributed by atoms with Crippen molar-refractivity contribution < 1.29 is 9.90 Å². The van der Waals surface area contributed by atoms with Crippen molar-refractivity contribution in [3.05, 3.63) is 81.7 Å². The number of hydrogen-bond donors (Lipinski definition) is 2. The molecule has 4 aromatic rings. The highest BCUT2D eigenvalue weighted by molar-refractivity contribution is 6.30. The van der Waals surface area contributed by atoms with E-state index in [4.69, 9.17) is 21.7 Å². The van der Waals surface area contributed by atoms with Crippen molar-refractivity contribution >= 4 is 23.3 Å². The summed E-state index contributed by atoms with van der Waals surface area (Å²) in [6.45, 7) is 2.94. The van der Waals surface area contributed by atoms with Gasteiger partial charge in [0.15, 0.2) is 0 Å². The first-order chi connectivity index (χ1) is 16.5. The number of fused-ring (bicyclic) bond motifs is 1. The van der Waals surface area contributed by atoms with Crippen LogP contribution in [0.3, 0.4) is 0 Å². The Morgan fingerprint density at radius 2 is 1.76 bits per heavy atom. The van der Waals surface area contributed by atoms with Crippen LogP contribution in [-0.4, -0.2) is 38.1 Å². The molecular formula is C26H27ClN4O3. The molecule has 1 amide bonds. The van der Waals surface area contributed by atoms with Gasteiger partial charge in [-0.25, -0.2) is 4.98 Å². The van der Waals surface area contributed by atoms with Crippen molar-refractivity contribution in [3.63, 3.8) is 0 Å². The van der Waals surface area contributed by atoms with Crippen molar-refractivity contribution in [2.45, 2.75) is 32.7 Å². The number of nitrogens with zero attached hydrogens (tertiary/aromatic N) is 3. The third-order valence-corrected chi connectivity index (χ3v) is 5.93. The molecule has 0 aliphatic heterocycles. The molecule has 0 aliphatic carbocycles. The van der Waals surface area contributed by atoms with E-state index in [1.165, 1.54) is 0 Å². The molecule has 4 rings (SSSR count). The van der Waals surface area contributed by atoms with E-state index in [1.54, 1.807) is 40.9 Å². The molecule has 0 spiro atoms. The van der Waals surface area contributed by atoms with Crippen LogP contribution in [0.25, 0.3) is 28.3 Å². The number of carbonyl (C=O) groups excluding carboxylic acids is 1. The fraction of sp³-hybridized carbons (Fsp3) is 0.269. The van der Waals surface area contributed by atoms with Gasteiger partial charge in [0.1, 0.15) is 0 Å². The molecule has 0 atom stereocenters. The maximum absolute atomic E-state index is 13.0. The molecule has 2 aromatic carbocycles. The predicted octanol–water partition coefficient (Wildman–Crippen LogP) is 4.40. The molecule has 34 heavy (non-hydrogen) atoms. The van der Waals surface area contributed by atoms with E-state index in [1.807, 2.05) is 24.3 Å². The second-order valence-corrected chi connectivity index (χ2v) is 8.52. The Kier molecular flexibility index (Phi) is 7.45. The number of benzene rings is 2. The molecular weight excluding hydrogens is 452 g/mol. The third-order valence-electron chi connectivity index (χ3n) is 5.68. The lowest BCUT2D eigenvalue weighted by Gasteiger charge is -2.15. The van der Waals surface area contributed by atoms with Gasteiger partial charge in [-0.1, -0.05) is 55.6 Å². The molecule has 0 aliphatic rings. The zero-order chi connectivity index (χ0) is 24.1. The number of aliphatic hydroxyl groups excluding tert-OH is 1. The van der Waals surface area contributed by atoms with Crippen LogP contribution in [0.4, 0.5) is 0 Å². The van der Waals surface area contributed by atoms with Crippen molar-refractivity contribution in [1.82, 2.24) is 19.3 Å².